The van der Waals surface area contributed by atoms with Crippen LogP contribution in [0.15, 0.2) is 17.3 Å². The summed E-state index contributed by atoms with van der Waals surface area (Å²) in [6.07, 6.45) is 4.80. The van der Waals surface area contributed by atoms with Crippen molar-refractivity contribution in [3.05, 3.63) is 12.4 Å². The average Bonchev–Trinajstić information content (AvgIpc) is 2.87. The van der Waals surface area contributed by atoms with Crippen molar-refractivity contribution in [3.8, 4) is 0 Å². The molecular weight excluding hydrogens is 240 g/mol. The topological polar surface area (TPSA) is 81.2 Å². The van der Waals surface area contributed by atoms with Gasteiger partial charge in [-0.05, 0) is 19.8 Å². The first-order valence-electron chi connectivity index (χ1n) is 5.80. The molecular formula is C10H18N4O2S. The molecule has 2 rings (SSSR count). The van der Waals surface area contributed by atoms with Crippen molar-refractivity contribution in [1.29, 1.82) is 0 Å². The lowest BCUT2D eigenvalue weighted by molar-refractivity contribution is 0.408. The number of nitrogens with two attached hydrogens (primary N) is 1. The van der Waals surface area contributed by atoms with E-state index in [9.17, 15) is 8.42 Å². The van der Waals surface area contributed by atoms with Gasteiger partial charge in [0, 0.05) is 25.3 Å². The zero-order valence-electron chi connectivity index (χ0n) is 9.91. The Kier molecular flexibility index (Phi) is 3.50. The van der Waals surface area contributed by atoms with Crippen molar-refractivity contribution in [2.24, 2.45) is 5.73 Å². The van der Waals surface area contributed by atoms with Crippen LogP contribution in [0.1, 0.15) is 19.8 Å². The fraction of sp³-hybridized carbons (Fsp3) is 0.700. The Bertz CT molecular complexity index is 482. The van der Waals surface area contributed by atoms with Crippen molar-refractivity contribution in [2.75, 3.05) is 13.1 Å². The zero-order chi connectivity index (χ0) is 12.5. The van der Waals surface area contributed by atoms with E-state index in [1.165, 1.54) is 6.20 Å². The summed E-state index contributed by atoms with van der Waals surface area (Å²) in [5.41, 5.74) is 5.40. The van der Waals surface area contributed by atoms with Crippen LogP contribution in [0.25, 0.3) is 0 Å². The Morgan fingerprint density at radius 2 is 2.35 bits per heavy atom. The first-order chi connectivity index (χ1) is 8.05. The highest BCUT2D eigenvalue weighted by Crippen LogP contribution is 2.25. The van der Waals surface area contributed by atoms with Crippen LogP contribution in [0.2, 0.25) is 0 Å². The Morgan fingerprint density at radius 1 is 1.59 bits per heavy atom. The van der Waals surface area contributed by atoms with Crippen LogP contribution >= 0.6 is 0 Å². The number of rotatable bonds is 4. The molecule has 1 aliphatic heterocycles. The standard InChI is InChI=1S/C10H18N4O2S/c1-9-3-2-5-14(9)17(15,16)10-7-12-13(8-10)6-4-11/h7-9H,2-6,11H2,1H3. The first-order valence-corrected chi connectivity index (χ1v) is 7.24. The first kappa shape index (κ1) is 12.5. The third-order valence-electron chi connectivity index (χ3n) is 3.07. The van der Waals surface area contributed by atoms with Gasteiger partial charge in [-0.2, -0.15) is 9.40 Å². The van der Waals surface area contributed by atoms with E-state index < -0.39 is 10.0 Å². The molecule has 0 spiro atoms. The molecule has 1 aromatic rings. The minimum atomic E-state index is -3.38. The maximum absolute atomic E-state index is 12.3. The van der Waals surface area contributed by atoms with E-state index in [1.807, 2.05) is 6.92 Å². The molecule has 0 bridgehead atoms. The molecule has 0 radical (unpaired) electrons. The molecule has 6 nitrogen and oxygen atoms in total. The highest BCUT2D eigenvalue weighted by atomic mass is 32.2. The molecule has 0 saturated carbocycles. The lowest BCUT2D eigenvalue weighted by Crippen LogP contribution is -2.33. The quantitative estimate of drug-likeness (QED) is 0.825. The van der Waals surface area contributed by atoms with Gasteiger partial charge in [-0.1, -0.05) is 0 Å². The monoisotopic (exact) mass is 258 g/mol. The van der Waals surface area contributed by atoms with Gasteiger partial charge in [0.15, 0.2) is 0 Å². The predicted molar refractivity (Wildman–Crippen MR) is 63.9 cm³/mol. The highest BCUT2D eigenvalue weighted by molar-refractivity contribution is 7.89. The molecule has 0 aliphatic carbocycles. The molecule has 0 amide bonds. The van der Waals surface area contributed by atoms with Crippen molar-refractivity contribution in [2.45, 2.75) is 37.2 Å². The molecule has 1 saturated heterocycles. The molecule has 7 heteroatoms. The van der Waals surface area contributed by atoms with E-state index in [4.69, 9.17) is 5.73 Å². The summed E-state index contributed by atoms with van der Waals surface area (Å²) < 4.78 is 27.7. The minimum absolute atomic E-state index is 0.0814. The molecule has 1 atom stereocenters. The molecule has 2 heterocycles. The average molecular weight is 258 g/mol. The fourth-order valence-corrected chi connectivity index (χ4v) is 3.79. The molecule has 17 heavy (non-hydrogen) atoms. The predicted octanol–water partition coefficient (Wildman–Crippen LogP) is 0.0148. The molecule has 0 aromatic carbocycles. The number of hydrogen-bond acceptors (Lipinski definition) is 4. The van der Waals surface area contributed by atoms with E-state index in [1.54, 1.807) is 15.2 Å². The van der Waals surface area contributed by atoms with Gasteiger partial charge in [-0.3, -0.25) is 4.68 Å². The summed E-state index contributed by atoms with van der Waals surface area (Å²) in [6.45, 7) is 3.52. The summed E-state index contributed by atoms with van der Waals surface area (Å²) in [7, 11) is -3.38. The van der Waals surface area contributed by atoms with Gasteiger partial charge in [0.25, 0.3) is 0 Å². The van der Waals surface area contributed by atoms with Gasteiger partial charge in [0.1, 0.15) is 4.90 Å². The Balaban J connectivity index is 2.24. The zero-order valence-corrected chi connectivity index (χ0v) is 10.7. The van der Waals surface area contributed by atoms with E-state index in [0.717, 1.165) is 12.8 Å². The van der Waals surface area contributed by atoms with Crippen LogP contribution in [-0.4, -0.2) is 41.6 Å². The smallest absolute Gasteiger partial charge is 0.246 e. The summed E-state index contributed by atoms with van der Waals surface area (Å²) in [4.78, 5) is 0.264. The van der Waals surface area contributed by atoms with Crippen LogP contribution in [0.3, 0.4) is 0 Å². The van der Waals surface area contributed by atoms with Gasteiger partial charge in [0.2, 0.25) is 10.0 Å². The fourth-order valence-electron chi connectivity index (χ4n) is 2.13. The minimum Gasteiger partial charge on any atom is -0.329 e. The maximum Gasteiger partial charge on any atom is 0.246 e. The summed E-state index contributed by atoms with van der Waals surface area (Å²) in [5.74, 6) is 0. The van der Waals surface area contributed by atoms with Gasteiger partial charge in [-0.25, -0.2) is 8.42 Å². The third-order valence-corrected chi connectivity index (χ3v) is 5.03. The van der Waals surface area contributed by atoms with Crippen LogP contribution in [0, 0.1) is 0 Å². The van der Waals surface area contributed by atoms with E-state index in [2.05, 4.69) is 5.10 Å². The molecule has 1 aromatic heterocycles. The summed E-state index contributed by atoms with van der Waals surface area (Å²) in [6, 6.07) is 0.0814. The molecule has 96 valence electrons. The largest absolute Gasteiger partial charge is 0.329 e. The van der Waals surface area contributed by atoms with Crippen molar-refractivity contribution >= 4 is 10.0 Å². The van der Waals surface area contributed by atoms with Crippen molar-refractivity contribution in [3.63, 3.8) is 0 Å². The normalized spacial score (nSPS) is 22.1. The van der Waals surface area contributed by atoms with Gasteiger partial charge >= 0.3 is 0 Å². The van der Waals surface area contributed by atoms with Gasteiger partial charge < -0.3 is 5.73 Å². The van der Waals surface area contributed by atoms with Crippen molar-refractivity contribution < 1.29 is 8.42 Å². The van der Waals surface area contributed by atoms with Crippen LogP contribution < -0.4 is 5.73 Å². The lowest BCUT2D eigenvalue weighted by Gasteiger charge is -2.19. The molecule has 1 fully saturated rings. The number of hydrogen-bond donors (Lipinski definition) is 1. The van der Waals surface area contributed by atoms with E-state index in [-0.39, 0.29) is 10.9 Å². The lowest BCUT2D eigenvalue weighted by atomic mass is 10.3. The second-order valence-electron chi connectivity index (χ2n) is 4.33. The molecule has 1 unspecified atom stereocenters. The second-order valence-corrected chi connectivity index (χ2v) is 6.23. The maximum atomic E-state index is 12.3. The van der Waals surface area contributed by atoms with Crippen molar-refractivity contribution in [1.82, 2.24) is 14.1 Å². The third kappa shape index (κ3) is 2.36. The van der Waals surface area contributed by atoms with Gasteiger partial charge in [-0.15, -0.1) is 0 Å². The summed E-state index contributed by atoms with van der Waals surface area (Å²) >= 11 is 0. The number of aromatic nitrogens is 2. The Morgan fingerprint density at radius 3 is 2.94 bits per heavy atom. The Hall–Kier alpha value is -0.920. The SMILES string of the molecule is CC1CCCN1S(=O)(=O)c1cnn(CCN)c1. The second kappa shape index (κ2) is 4.75. The highest BCUT2D eigenvalue weighted by Gasteiger charge is 2.33. The van der Waals surface area contributed by atoms with E-state index in [0.29, 0.717) is 19.6 Å². The van der Waals surface area contributed by atoms with Crippen LogP contribution in [0.5, 0.6) is 0 Å². The number of sulfonamides is 1. The van der Waals surface area contributed by atoms with E-state index >= 15 is 0 Å². The van der Waals surface area contributed by atoms with Crippen LogP contribution in [0.4, 0.5) is 0 Å². The van der Waals surface area contributed by atoms with Crippen LogP contribution in [-0.2, 0) is 16.6 Å². The van der Waals surface area contributed by atoms with Gasteiger partial charge in [0.05, 0.1) is 12.7 Å². The molecule has 2 N–H and O–H groups in total. The Labute approximate surface area is 101 Å². The number of nitrogens with zero attached hydrogens (tertiary/aromatic N) is 3. The summed E-state index contributed by atoms with van der Waals surface area (Å²) in [5, 5.41) is 4.00. The molecule has 1 aliphatic rings.